The lowest BCUT2D eigenvalue weighted by Gasteiger charge is -2.05. The molecule has 0 atom stereocenters. The van der Waals surface area contributed by atoms with E-state index in [2.05, 4.69) is 15.0 Å². The predicted molar refractivity (Wildman–Crippen MR) is 60.0 cm³/mol. The van der Waals surface area contributed by atoms with Crippen LogP contribution in [0, 0.1) is 0 Å². The van der Waals surface area contributed by atoms with Gasteiger partial charge in [-0.25, -0.2) is 4.98 Å². The Bertz CT molecular complexity index is 589. The fraction of sp³-hybridized carbons (Fsp3) is 0.375. The molecule has 0 aliphatic heterocycles. The Hall–Kier alpha value is -2.13. The highest BCUT2D eigenvalue weighted by molar-refractivity contribution is 5.73. The van der Waals surface area contributed by atoms with Crippen LogP contribution in [0.5, 0.6) is 0 Å². The van der Waals surface area contributed by atoms with E-state index >= 15 is 0 Å². The molecule has 2 heterocycles. The number of anilines is 2. The maximum absolute atomic E-state index is 11.5. The summed E-state index contributed by atoms with van der Waals surface area (Å²) >= 11 is 0. The zero-order valence-corrected chi connectivity index (χ0v) is 8.88. The van der Waals surface area contributed by atoms with Crippen molar-refractivity contribution in [3.8, 4) is 0 Å². The molecule has 0 saturated heterocycles. The number of hydrogen-bond acceptors (Lipinski definition) is 7. The topological polar surface area (TPSA) is 145 Å². The van der Waals surface area contributed by atoms with Gasteiger partial charge in [-0.2, -0.15) is 4.98 Å². The quantitative estimate of drug-likeness (QED) is 0.463. The molecule has 0 saturated carbocycles. The number of ether oxygens (including phenoxy) is 1. The number of H-pyrrole nitrogens is 1. The molecule has 0 radical (unpaired) electrons. The normalized spacial score (nSPS) is 11.1. The molecule has 9 nitrogen and oxygen atoms in total. The summed E-state index contributed by atoms with van der Waals surface area (Å²) in [7, 11) is 0. The summed E-state index contributed by atoms with van der Waals surface area (Å²) in [5.74, 6) is 0.0762. The number of fused-ring (bicyclic) bond motifs is 1. The van der Waals surface area contributed by atoms with E-state index in [1.54, 1.807) is 0 Å². The average molecular weight is 240 g/mol. The Morgan fingerprint density at radius 1 is 1.41 bits per heavy atom. The molecule has 0 amide bonds. The zero-order chi connectivity index (χ0) is 12.4. The minimum absolute atomic E-state index is 0.0224. The van der Waals surface area contributed by atoms with Crippen molar-refractivity contribution in [3.63, 3.8) is 0 Å². The molecule has 0 unspecified atom stereocenters. The van der Waals surface area contributed by atoms with Crippen LogP contribution in [0.15, 0.2) is 4.79 Å². The Morgan fingerprint density at radius 3 is 2.88 bits per heavy atom. The van der Waals surface area contributed by atoms with Gasteiger partial charge in [-0.3, -0.25) is 14.3 Å². The van der Waals surface area contributed by atoms with E-state index in [-0.39, 0.29) is 43.0 Å². The fourth-order valence-electron chi connectivity index (χ4n) is 1.39. The average Bonchev–Trinajstić information content (AvgIpc) is 2.57. The molecule has 0 spiro atoms. The number of aliphatic hydroxyl groups excluding tert-OH is 1. The first-order valence-electron chi connectivity index (χ1n) is 4.83. The van der Waals surface area contributed by atoms with Crippen LogP contribution in [0.25, 0.3) is 11.2 Å². The summed E-state index contributed by atoms with van der Waals surface area (Å²) in [6, 6.07) is 0. The van der Waals surface area contributed by atoms with Gasteiger partial charge in [-0.15, -0.1) is 0 Å². The van der Waals surface area contributed by atoms with Crippen LogP contribution in [0.2, 0.25) is 0 Å². The summed E-state index contributed by atoms with van der Waals surface area (Å²) in [6.45, 7) is 0.0826. The summed E-state index contributed by atoms with van der Waals surface area (Å²) in [4.78, 5) is 21.6. The Kier molecular flexibility index (Phi) is 2.93. The minimum Gasteiger partial charge on any atom is -0.394 e. The highest BCUT2D eigenvalue weighted by atomic mass is 16.5. The molecule has 9 heteroatoms. The Labute approximate surface area is 95.0 Å². The molecule has 0 aromatic carbocycles. The van der Waals surface area contributed by atoms with Gasteiger partial charge in [0.1, 0.15) is 6.73 Å². The number of nitrogen functional groups attached to an aromatic ring is 2. The minimum atomic E-state index is -0.458. The van der Waals surface area contributed by atoms with E-state index in [4.69, 9.17) is 21.3 Å². The number of nitrogens with zero attached hydrogens (tertiary/aromatic N) is 3. The summed E-state index contributed by atoms with van der Waals surface area (Å²) in [5, 5.41) is 8.59. The van der Waals surface area contributed by atoms with Crippen LogP contribution in [-0.4, -0.2) is 37.8 Å². The number of nitrogens with one attached hydrogen (secondary N) is 1. The number of imidazole rings is 1. The lowest BCUT2D eigenvalue weighted by molar-refractivity contribution is 0.0510. The third-order valence-electron chi connectivity index (χ3n) is 2.11. The summed E-state index contributed by atoms with van der Waals surface area (Å²) in [5.41, 5.74) is 11.0. The molecule has 0 aliphatic carbocycles. The maximum Gasteiger partial charge on any atom is 0.280 e. The van der Waals surface area contributed by atoms with E-state index in [0.29, 0.717) is 0 Å². The van der Waals surface area contributed by atoms with Crippen molar-refractivity contribution in [1.29, 1.82) is 0 Å². The standard InChI is InChI=1S/C8H12N6O3/c9-7-12-5-4(6(16)13-7)11-8(10)14(5)3-17-2-1-15/h15H,1-3H2,(H2,10,11)(H3,9,12,13,16). The van der Waals surface area contributed by atoms with Crippen molar-refractivity contribution < 1.29 is 9.84 Å². The Morgan fingerprint density at radius 2 is 2.18 bits per heavy atom. The van der Waals surface area contributed by atoms with Gasteiger partial charge in [-0.1, -0.05) is 0 Å². The molecule has 92 valence electrons. The molecule has 2 aromatic rings. The zero-order valence-electron chi connectivity index (χ0n) is 8.88. The lowest BCUT2D eigenvalue weighted by atomic mass is 10.5. The predicted octanol–water partition coefficient (Wildman–Crippen LogP) is -1.75. The van der Waals surface area contributed by atoms with E-state index in [1.165, 1.54) is 4.57 Å². The van der Waals surface area contributed by atoms with Crippen LogP contribution in [0.4, 0.5) is 11.9 Å². The van der Waals surface area contributed by atoms with Crippen molar-refractivity contribution >= 4 is 23.1 Å². The molecule has 0 aliphatic rings. The van der Waals surface area contributed by atoms with Gasteiger partial charge in [-0.05, 0) is 0 Å². The largest absolute Gasteiger partial charge is 0.394 e. The molecule has 2 rings (SSSR count). The number of aromatic nitrogens is 4. The van der Waals surface area contributed by atoms with Gasteiger partial charge in [0.2, 0.25) is 11.9 Å². The first kappa shape index (κ1) is 11.4. The van der Waals surface area contributed by atoms with Gasteiger partial charge in [0, 0.05) is 0 Å². The number of nitrogens with two attached hydrogens (primary N) is 2. The van der Waals surface area contributed by atoms with Crippen molar-refractivity contribution in [2.24, 2.45) is 0 Å². The molecule has 17 heavy (non-hydrogen) atoms. The van der Waals surface area contributed by atoms with Crippen molar-refractivity contribution in [2.75, 3.05) is 24.7 Å². The summed E-state index contributed by atoms with van der Waals surface area (Å²) < 4.78 is 6.50. The SMILES string of the molecule is Nc1nc2c(nc(N)n2COCCO)c(=O)[nH]1. The highest BCUT2D eigenvalue weighted by Gasteiger charge is 2.13. The second-order valence-corrected chi connectivity index (χ2v) is 3.28. The van der Waals surface area contributed by atoms with Crippen molar-refractivity contribution in [1.82, 2.24) is 19.5 Å². The molecular weight excluding hydrogens is 228 g/mol. The number of hydrogen-bond donors (Lipinski definition) is 4. The van der Waals surface area contributed by atoms with E-state index in [0.717, 1.165) is 0 Å². The van der Waals surface area contributed by atoms with Crippen LogP contribution in [0.3, 0.4) is 0 Å². The van der Waals surface area contributed by atoms with Gasteiger partial charge >= 0.3 is 0 Å². The highest BCUT2D eigenvalue weighted by Crippen LogP contribution is 2.12. The monoisotopic (exact) mass is 240 g/mol. The van der Waals surface area contributed by atoms with Crippen molar-refractivity contribution in [2.45, 2.75) is 6.73 Å². The molecule has 0 bridgehead atoms. The van der Waals surface area contributed by atoms with Gasteiger partial charge in [0.05, 0.1) is 13.2 Å². The first-order valence-corrected chi connectivity index (χ1v) is 4.83. The lowest BCUT2D eigenvalue weighted by Crippen LogP contribution is -2.13. The Balaban J connectivity index is 2.47. The fourth-order valence-corrected chi connectivity index (χ4v) is 1.39. The van der Waals surface area contributed by atoms with Crippen LogP contribution >= 0.6 is 0 Å². The number of aliphatic hydroxyl groups is 1. The first-order chi connectivity index (χ1) is 8.13. The van der Waals surface area contributed by atoms with Crippen LogP contribution < -0.4 is 17.0 Å². The number of aromatic amines is 1. The van der Waals surface area contributed by atoms with Gasteiger partial charge < -0.3 is 21.3 Å². The van der Waals surface area contributed by atoms with Crippen LogP contribution in [0.1, 0.15) is 0 Å². The van der Waals surface area contributed by atoms with Gasteiger partial charge in [0.25, 0.3) is 5.56 Å². The smallest absolute Gasteiger partial charge is 0.280 e. The molecule has 6 N–H and O–H groups in total. The maximum atomic E-state index is 11.5. The molecule has 0 fully saturated rings. The van der Waals surface area contributed by atoms with E-state index in [1.807, 2.05) is 0 Å². The van der Waals surface area contributed by atoms with Crippen molar-refractivity contribution in [3.05, 3.63) is 10.4 Å². The van der Waals surface area contributed by atoms with Gasteiger partial charge in [0.15, 0.2) is 11.2 Å². The molecular formula is C8H12N6O3. The molecule has 2 aromatic heterocycles. The van der Waals surface area contributed by atoms with E-state index in [9.17, 15) is 4.79 Å². The third kappa shape index (κ3) is 2.05. The second-order valence-electron chi connectivity index (χ2n) is 3.28. The van der Waals surface area contributed by atoms with Crippen LogP contribution in [-0.2, 0) is 11.5 Å². The number of rotatable bonds is 4. The summed E-state index contributed by atoms with van der Waals surface area (Å²) in [6.07, 6.45) is 0. The second kappa shape index (κ2) is 4.39. The third-order valence-corrected chi connectivity index (χ3v) is 2.11. The van der Waals surface area contributed by atoms with E-state index < -0.39 is 5.56 Å².